The van der Waals surface area contributed by atoms with Crippen molar-refractivity contribution in [3.63, 3.8) is 0 Å². The zero-order chi connectivity index (χ0) is 23.9. The molecule has 1 N–H and O–H groups in total. The summed E-state index contributed by atoms with van der Waals surface area (Å²) >= 11 is 6.18. The number of hydrogen-bond donors (Lipinski definition) is 1. The van der Waals surface area contributed by atoms with Crippen LogP contribution >= 0.6 is 11.6 Å². The molecule has 0 radical (unpaired) electrons. The first-order valence-corrected chi connectivity index (χ1v) is 13.4. The number of aryl methyl sites for hydroxylation is 2. The first-order chi connectivity index (χ1) is 15.6. The maximum Gasteiger partial charge on any atom is 0.270 e. The lowest BCUT2D eigenvalue weighted by molar-refractivity contribution is 0.0740. The Labute approximate surface area is 201 Å². The molecular formula is C24H33ClN4O3S. The Balaban J connectivity index is 1.50. The Bertz CT molecular complexity index is 1140. The Morgan fingerprint density at radius 1 is 1.03 bits per heavy atom. The third kappa shape index (κ3) is 4.66. The van der Waals surface area contributed by atoms with E-state index < -0.39 is 10.0 Å². The highest BCUT2D eigenvalue weighted by molar-refractivity contribution is 7.89. The molecule has 0 unspecified atom stereocenters. The normalized spacial score (nSPS) is 18.7. The number of H-pyrrole nitrogens is 1. The van der Waals surface area contributed by atoms with Crippen molar-refractivity contribution >= 4 is 33.2 Å². The zero-order valence-electron chi connectivity index (χ0n) is 19.8. The second-order valence-electron chi connectivity index (χ2n) is 9.38. The van der Waals surface area contributed by atoms with Crippen LogP contribution in [0.1, 0.15) is 47.1 Å². The van der Waals surface area contributed by atoms with Gasteiger partial charge in [-0.05, 0) is 62.8 Å². The Morgan fingerprint density at radius 2 is 1.67 bits per heavy atom. The Morgan fingerprint density at radius 3 is 2.30 bits per heavy atom. The third-order valence-corrected chi connectivity index (χ3v) is 9.41. The smallest absolute Gasteiger partial charge is 0.270 e. The number of amides is 1. The van der Waals surface area contributed by atoms with E-state index in [2.05, 4.69) is 23.7 Å². The molecule has 33 heavy (non-hydrogen) atoms. The first-order valence-electron chi connectivity index (χ1n) is 11.6. The maximum absolute atomic E-state index is 13.4. The number of sulfonamides is 1. The van der Waals surface area contributed by atoms with E-state index in [0.29, 0.717) is 67.2 Å². The van der Waals surface area contributed by atoms with Crippen LogP contribution in [0.2, 0.25) is 5.02 Å². The second kappa shape index (κ2) is 9.31. The van der Waals surface area contributed by atoms with Crippen molar-refractivity contribution in [1.29, 1.82) is 0 Å². The van der Waals surface area contributed by atoms with Gasteiger partial charge in [-0.2, -0.15) is 4.31 Å². The molecule has 180 valence electrons. The standard InChI is InChI=1S/C24H33ClN4O3S/c1-16-7-9-29(10-8-16)33(31,32)23-18(3)22(26-19(23)4)24(30)28-13-11-27(12-14-28)21-15-20(25)6-5-17(21)2/h5-6,15-16,26H,7-14H2,1-4H3. The van der Waals surface area contributed by atoms with Crippen molar-refractivity contribution in [3.8, 4) is 0 Å². The lowest BCUT2D eigenvalue weighted by Crippen LogP contribution is -2.49. The first kappa shape index (κ1) is 24.1. The molecule has 0 bridgehead atoms. The summed E-state index contributed by atoms with van der Waals surface area (Å²) in [6.07, 6.45) is 1.73. The quantitative estimate of drug-likeness (QED) is 0.700. The van der Waals surface area contributed by atoms with E-state index in [9.17, 15) is 13.2 Å². The number of carbonyl (C=O) groups excluding carboxylic acids is 1. The van der Waals surface area contributed by atoms with Gasteiger partial charge in [-0.25, -0.2) is 8.42 Å². The summed E-state index contributed by atoms with van der Waals surface area (Å²) in [6.45, 7) is 11.3. The number of anilines is 1. The van der Waals surface area contributed by atoms with Gasteiger partial charge in [0.15, 0.2) is 0 Å². The predicted molar refractivity (Wildman–Crippen MR) is 132 cm³/mol. The van der Waals surface area contributed by atoms with Crippen LogP contribution in [0.3, 0.4) is 0 Å². The molecular weight excluding hydrogens is 460 g/mol. The van der Waals surface area contributed by atoms with Crippen molar-refractivity contribution in [2.45, 2.75) is 45.4 Å². The number of nitrogens with one attached hydrogen (secondary N) is 1. The minimum atomic E-state index is -3.63. The Kier molecular flexibility index (Phi) is 6.80. The number of halogens is 1. The van der Waals surface area contributed by atoms with Gasteiger partial charge in [0.25, 0.3) is 5.91 Å². The summed E-state index contributed by atoms with van der Waals surface area (Å²) in [4.78, 5) is 20.7. The summed E-state index contributed by atoms with van der Waals surface area (Å²) in [5.41, 5.74) is 3.67. The SMILES string of the molecule is Cc1ccc(Cl)cc1N1CCN(C(=O)c2[nH]c(C)c(S(=O)(=O)N3CCC(C)CC3)c2C)CC1. The van der Waals surface area contributed by atoms with Gasteiger partial charge in [0.05, 0.1) is 0 Å². The van der Waals surface area contributed by atoms with Crippen molar-refractivity contribution in [2.75, 3.05) is 44.2 Å². The summed E-state index contributed by atoms with van der Waals surface area (Å²) in [7, 11) is -3.63. The third-order valence-electron chi connectivity index (χ3n) is 7.00. The highest BCUT2D eigenvalue weighted by Crippen LogP contribution is 2.31. The summed E-state index contributed by atoms with van der Waals surface area (Å²) < 4.78 is 28.3. The summed E-state index contributed by atoms with van der Waals surface area (Å²) in [6, 6.07) is 5.85. The van der Waals surface area contributed by atoms with E-state index in [1.54, 1.807) is 23.1 Å². The van der Waals surface area contributed by atoms with Crippen LogP contribution in [-0.2, 0) is 10.0 Å². The molecule has 0 saturated carbocycles. The minimum Gasteiger partial charge on any atom is -0.368 e. The molecule has 1 amide bonds. The van der Waals surface area contributed by atoms with E-state index in [-0.39, 0.29) is 10.8 Å². The number of rotatable bonds is 4. The maximum atomic E-state index is 13.4. The predicted octanol–water partition coefficient (Wildman–Crippen LogP) is 3.98. The molecule has 2 fully saturated rings. The highest BCUT2D eigenvalue weighted by atomic mass is 35.5. The van der Waals surface area contributed by atoms with Crippen LogP contribution in [0, 0.1) is 26.7 Å². The van der Waals surface area contributed by atoms with Gasteiger partial charge >= 0.3 is 0 Å². The monoisotopic (exact) mass is 492 g/mol. The van der Waals surface area contributed by atoms with Gasteiger partial charge in [-0.3, -0.25) is 4.79 Å². The van der Waals surface area contributed by atoms with Crippen LogP contribution in [0.15, 0.2) is 23.1 Å². The molecule has 3 heterocycles. The van der Waals surface area contributed by atoms with Gasteiger partial charge in [0, 0.05) is 55.7 Å². The number of nitrogens with zero attached hydrogens (tertiary/aromatic N) is 3. The Hall–Kier alpha value is -2.03. The molecule has 2 saturated heterocycles. The zero-order valence-corrected chi connectivity index (χ0v) is 21.4. The molecule has 4 rings (SSSR count). The van der Waals surface area contributed by atoms with Crippen LogP contribution in [0.25, 0.3) is 0 Å². The van der Waals surface area contributed by atoms with E-state index in [1.807, 2.05) is 18.2 Å². The van der Waals surface area contributed by atoms with Crippen LogP contribution < -0.4 is 4.90 Å². The molecule has 0 atom stereocenters. The van der Waals surface area contributed by atoms with Crippen molar-refractivity contribution in [1.82, 2.24) is 14.2 Å². The number of carbonyl (C=O) groups is 1. The number of piperazine rings is 1. The van der Waals surface area contributed by atoms with Gasteiger partial charge in [-0.1, -0.05) is 24.6 Å². The fraction of sp³-hybridized carbons (Fsp3) is 0.542. The fourth-order valence-corrected chi connectivity index (χ4v) is 6.96. The average Bonchev–Trinajstić information content (AvgIpc) is 3.10. The van der Waals surface area contributed by atoms with E-state index in [4.69, 9.17) is 11.6 Å². The van der Waals surface area contributed by atoms with Gasteiger partial charge in [-0.15, -0.1) is 0 Å². The van der Waals surface area contributed by atoms with E-state index in [1.165, 1.54) is 0 Å². The molecule has 1 aromatic carbocycles. The highest BCUT2D eigenvalue weighted by Gasteiger charge is 2.34. The number of piperidine rings is 1. The molecule has 2 aromatic rings. The molecule has 2 aliphatic rings. The number of aromatic nitrogens is 1. The molecule has 0 spiro atoms. The lowest BCUT2D eigenvalue weighted by atomic mass is 10.0. The number of hydrogen-bond acceptors (Lipinski definition) is 4. The minimum absolute atomic E-state index is 0.146. The average molecular weight is 493 g/mol. The largest absolute Gasteiger partial charge is 0.368 e. The molecule has 0 aliphatic carbocycles. The van der Waals surface area contributed by atoms with Crippen molar-refractivity contribution in [3.05, 3.63) is 45.7 Å². The van der Waals surface area contributed by atoms with Gasteiger partial charge in [0.1, 0.15) is 10.6 Å². The molecule has 9 heteroatoms. The van der Waals surface area contributed by atoms with Crippen molar-refractivity contribution in [2.24, 2.45) is 5.92 Å². The fourth-order valence-electron chi connectivity index (χ4n) is 4.92. The second-order valence-corrected chi connectivity index (χ2v) is 11.7. The molecule has 7 nitrogen and oxygen atoms in total. The summed E-state index contributed by atoms with van der Waals surface area (Å²) in [5.74, 6) is 0.392. The summed E-state index contributed by atoms with van der Waals surface area (Å²) in [5, 5.41) is 0.698. The molecule has 1 aromatic heterocycles. The van der Waals surface area contributed by atoms with Gasteiger partial charge in [0.2, 0.25) is 10.0 Å². The van der Waals surface area contributed by atoms with E-state index >= 15 is 0 Å². The van der Waals surface area contributed by atoms with Gasteiger partial charge < -0.3 is 14.8 Å². The van der Waals surface area contributed by atoms with Crippen LogP contribution in [0.4, 0.5) is 5.69 Å². The van der Waals surface area contributed by atoms with Crippen LogP contribution in [-0.4, -0.2) is 67.8 Å². The van der Waals surface area contributed by atoms with Crippen LogP contribution in [0.5, 0.6) is 0 Å². The topological polar surface area (TPSA) is 76.7 Å². The van der Waals surface area contributed by atoms with E-state index in [0.717, 1.165) is 24.1 Å². The molecule has 2 aliphatic heterocycles. The lowest BCUT2D eigenvalue weighted by Gasteiger charge is -2.36. The van der Waals surface area contributed by atoms with Crippen molar-refractivity contribution < 1.29 is 13.2 Å². The number of benzene rings is 1. The number of aromatic amines is 1.